The van der Waals surface area contributed by atoms with Crippen molar-refractivity contribution >= 4 is 28.9 Å². The molecule has 11 heteroatoms. The Bertz CT molecular complexity index is 1190. The molecule has 0 saturated heterocycles. The van der Waals surface area contributed by atoms with Gasteiger partial charge in [0.2, 0.25) is 5.78 Å². The van der Waals surface area contributed by atoms with Gasteiger partial charge < -0.3 is 37.0 Å². The number of primary amides is 1. The molecule has 1 aromatic carbocycles. The van der Waals surface area contributed by atoms with E-state index in [0.717, 1.165) is 0 Å². The van der Waals surface area contributed by atoms with Gasteiger partial charge in [-0.05, 0) is 31.6 Å². The number of aromatic hydroxyl groups is 1. The number of fused-ring (bicyclic) bond motifs is 3. The highest BCUT2D eigenvalue weighted by Crippen LogP contribution is 2.56. The molecule has 1 saturated carbocycles. The number of rotatable bonds is 2. The van der Waals surface area contributed by atoms with Crippen LogP contribution in [0, 0.1) is 11.8 Å². The number of nitrogen functional groups attached to an aromatic ring is 1. The lowest BCUT2D eigenvalue weighted by Gasteiger charge is -2.53. The predicted molar refractivity (Wildman–Crippen MR) is 115 cm³/mol. The van der Waals surface area contributed by atoms with Gasteiger partial charge >= 0.3 is 0 Å². The van der Waals surface area contributed by atoms with Crippen molar-refractivity contribution in [3.63, 3.8) is 0 Å². The van der Waals surface area contributed by atoms with Crippen molar-refractivity contribution in [1.82, 2.24) is 4.90 Å². The Morgan fingerprint density at radius 2 is 1.76 bits per heavy atom. The lowest BCUT2D eigenvalue weighted by molar-refractivity contribution is -0.169. The number of Topliss-reactive ketones (excluding diaryl/α,β-unsaturated/α-hetero) is 2. The van der Waals surface area contributed by atoms with E-state index in [1.54, 1.807) is 6.92 Å². The van der Waals surface area contributed by atoms with Gasteiger partial charge in [0.25, 0.3) is 5.91 Å². The summed E-state index contributed by atoms with van der Waals surface area (Å²) in [4.78, 5) is 40.0. The van der Waals surface area contributed by atoms with Crippen molar-refractivity contribution in [2.75, 3.05) is 19.8 Å². The summed E-state index contributed by atoms with van der Waals surface area (Å²) in [5.41, 5.74) is 6.86. The third kappa shape index (κ3) is 2.63. The Balaban J connectivity index is 2.07. The summed E-state index contributed by atoms with van der Waals surface area (Å²) < 4.78 is 0. The first-order chi connectivity index (χ1) is 15.3. The number of nitrogens with two attached hydrogens (primary N) is 2. The van der Waals surface area contributed by atoms with Crippen molar-refractivity contribution in [2.45, 2.75) is 30.6 Å². The fourth-order valence-electron chi connectivity index (χ4n) is 5.63. The van der Waals surface area contributed by atoms with E-state index in [2.05, 4.69) is 0 Å². The normalized spacial score (nSPS) is 33.7. The standard InChI is InChI=1S/C22H25N3O8/c1-6-7-4-5-8(23)15(26)10(7)16(27)11-9(6)17(28)13-14(25(2)3)18(29)12(21(24)32)20(31)22(13,33)19(11)30/h4-6,9,13-14,17,26-28,31,33H,23H2,1-3H3,(H2,24,32)/t6-,9?,13?,14-,17-,22-/m0/s1. The predicted octanol–water partition coefficient (Wildman–Crippen LogP) is -0.922. The van der Waals surface area contributed by atoms with E-state index in [-0.39, 0.29) is 11.3 Å². The number of carbonyl (C=O) groups excluding carboxylic acids is 3. The zero-order valence-electron chi connectivity index (χ0n) is 18.1. The molecule has 3 aliphatic rings. The fraction of sp³-hybridized carbons (Fsp3) is 0.409. The first-order valence-electron chi connectivity index (χ1n) is 10.2. The van der Waals surface area contributed by atoms with Crippen LogP contribution in [-0.4, -0.2) is 79.7 Å². The van der Waals surface area contributed by atoms with Gasteiger partial charge in [0.05, 0.1) is 29.3 Å². The van der Waals surface area contributed by atoms with Crippen molar-refractivity contribution < 1.29 is 39.9 Å². The van der Waals surface area contributed by atoms with Crippen LogP contribution >= 0.6 is 0 Å². The topological polar surface area (TPSA) is 208 Å². The average molecular weight is 459 g/mol. The monoisotopic (exact) mass is 459 g/mol. The minimum atomic E-state index is -2.93. The summed E-state index contributed by atoms with van der Waals surface area (Å²) in [6.07, 6.45) is -1.62. The van der Waals surface area contributed by atoms with Gasteiger partial charge in [-0.25, -0.2) is 0 Å². The van der Waals surface area contributed by atoms with Crippen LogP contribution in [0.3, 0.4) is 0 Å². The summed E-state index contributed by atoms with van der Waals surface area (Å²) in [6, 6.07) is 1.57. The van der Waals surface area contributed by atoms with Crippen LogP contribution in [0.1, 0.15) is 24.0 Å². The molecule has 9 N–H and O–H groups in total. The number of anilines is 1. The Morgan fingerprint density at radius 1 is 1.15 bits per heavy atom. The second kappa shape index (κ2) is 7.04. The third-order valence-electron chi connectivity index (χ3n) is 7.16. The molecule has 2 unspecified atom stereocenters. The maximum Gasteiger partial charge on any atom is 0.255 e. The summed E-state index contributed by atoms with van der Waals surface area (Å²) in [7, 11) is 2.90. The molecule has 0 radical (unpaired) electrons. The number of ketones is 2. The van der Waals surface area contributed by atoms with Crippen LogP contribution < -0.4 is 11.5 Å². The number of carbonyl (C=O) groups is 3. The number of nitrogens with zero attached hydrogens (tertiary/aromatic N) is 1. The first-order valence-corrected chi connectivity index (χ1v) is 10.2. The third-order valence-corrected chi connectivity index (χ3v) is 7.16. The number of aliphatic hydroxyl groups is 4. The molecule has 0 bridgehead atoms. The van der Waals surface area contributed by atoms with Gasteiger partial charge in [0, 0.05) is 11.5 Å². The van der Waals surface area contributed by atoms with Crippen LogP contribution in [0.15, 0.2) is 29.0 Å². The lowest BCUT2D eigenvalue weighted by atomic mass is 9.54. The largest absolute Gasteiger partial charge is 0.508 e. The summed E-state index contributed by atoms with van der Waals surface area (Å²) in [5.74, 6) is -9.34. The summed E-state index contributed by atoms with van der Waals surface area (Å²) in [5, 5.41) is 55.2. The number of phenols is 1. The Morgan fingerprint density at radius 3 is 2.30 bits per heavy atom. The van der Waals surface area contributed by atoms with E-state index in [0.29, 0.717) is 5.56 Å². The van der Waals surface area contributed by atoms with E-state index >= 15 is 0 Å². The van der Waals surface area contributed by atoms with Crippen LogP contribution in [0.5, 0.6) is 5.75 Å². The average Bonchev–Trinajstić information content (AvgIpc) is 2.72. The molecule has 0 aromatic heterocycles. The summed E-state index contributed by atoms with van der Waals surface area (Å²) in [6.45, 7) is 1.65. The number of hydrogen-bond donors (Lipinski definition) is 7. The second-order valence-electron chi connectivity index (χ2n) is 9.02. The van der Waals surface area contributed by atoms with E-state index in [1.807, 2.05) is 0 Å². The van der Waals surface area contributed by atoms with Crippen molar-refractivity contribution in [1.29, 1.82) is 0 Å². The Hall–Kier alpha value is -3.41. The molecule has 3 aliphatic carbocycles. The van der Waals surface area contributed by atoms with Gasteiger partial charge in [-0.1, -0.05) is 13.0 Å². The SMILES string of the molecule is C[C@H]1c2ccc(N)c(O)c2C(O)=C2C(=O)[C@]3(O)C(O)=C(C(N)=O)C(=O)[C@@H](N(C)C)C3[C@@H](O)C21. The minimum Gasteiger partial charge on any atom is -0.508 e. The number of likely N-dealkylation sites (N-methyl/N-ethyl adjacent to an activating group) is 1. The number of hydrogen-bond acceptors (Lipinski definition) is 10. The number of aliphatic hydroxyl groups excluding tert-OH is 3. The maximum atomic E-state index is 13.7. The molecule has 176 valence electrons. The van der Waals surface area contributed by atoms with Crippen molar-refractivity contribution in [2.24, 2.45) is 17.6 Å². The zero-order valence-corrected chi connectivity index (χ0v) is 18.1. The van der Waals surface area contributed by atoms with Gasteiger partial charge in [0.15, 0.2) is 11.4 Å². The molecule has 11 nitrogen and oxygen atoms in total. The number of phenolic OH excluding ortho intramolecular Hbond substituents is 1. The number of benzene rings is 1. The Kier molecular flexibility index (Phi) is 4.86. The van der Waals surface area contributed by atoms with Gasteiger partial charge in [-0.15, -0.1) is 0 Å². The molecule has 4 rings (SSSR count). The van der Waals surface area contributed by atoms with Crippen LogP contribution in [0.4, 0.5) is 5.69 Å². The smallest absolute Gasteiger partial charge is 0.255 e. The lowest BCUT2D eigenvalue weighted by Crippen LogP contribution is -2.70. The van der Waals surface area contributed by atoms with Gasteiger partial charge in [-0.2, -0.15) is 0 Å². The minimum absolute atomic E-state index is 0.0679. The molecule has 1 fully saturated rings. The van der Waals surface area contributed by atoms with Crippen LogP contribution in [0.25, 0.3) is 5.76 Å². The highest BCUT2D eigenvalue weighted by atomic mass is 16.4. The highest BCUT2D eigenvalue weighted by molar-refractivity contribution is 6.24. The molecule has 1 amide bonds. The molecular weight excluding hydrogens is 434 g/mol. The highest BCUT2D eigenvalue weighted by Gasteiger charge is 2.68. The van der Waals surface area contributed by atoms with E-state index in [4.69, 9.17) is 11.5 Å². The van der Waals surface area contributed by atoms with Gasteiger partial charge in [-0.3, -0.25) is 19.3 Å². The van der Waals surface area contributed by atoms with Crippen molar-refractivity contribution in [3.05, 3.63) is 40.2 Å². The fourth-order valence-corrected chi connectivity index (χ4v) is 5.63. The quantitative estimate of drug-likeness (QED) is 0.164. The van der Waals surface area contributed by atoms with E-state index in [1.165, 1.54) is 31.1 Å². The molecule has 33 heavy (non-hydrogen) atoms. The van der Waals surface area contributed by atoms with E-state index in [9.17, 15) is 39.9 Å². The molecule has 0 aliphatic heterocycles. The second-order valence-corrected chi connectivity index (χ2v) is 9.02. The molecule has 1 aromatic rings. The molecular formula is C22H25N3O8. The number of amides is 1. The molecule has 0 heterocycles. The van der Waals surface area contributed by atoms with E-state index < -0.39 is 81.4 Å². The Labute approximate surface area is 188 Å². The zero-order chi connectivity index (χ0) is 24.7. The van der Waals surface area contributed by atoms with Crippen molar-refractivity contribution in [3.8, 4) is 5.75 Å². The van der Waals surface area contributed by atoms with Crippen LogP contribution in [-0.2, 0) is 14.4 Å². The maximum absolute atomic E-state index is 13.7. The van der Waals surface area contributed by atoms with Crippen LogP contribution in [0.2, 0.25) is 0 Å². The molecule has 0 spiro atoms. The summed E-state index contributed by atoms with van der Waals surface area (Å²) >= 11 is 0. The van der Waals surface area contributed by atoms with Gasteiger partial charge in [0.1, 0.15) is 22.8 Å². The molecule has 6 atom stereocenters. The first kappa shape index (κ1) is 22.8.